The second-order valence-electron chi connectivity index (χ2n) is 18.2. The fraction of sp³-hybridized carbons (Fsp3) is 0.947. The predicted molar refractivity (Wildman–Crippen MR) is 187 cm³/mol. The second-order valence-corrected chi connectivity index (χ2v) is 18.2. The van der Waals surface area contributed by atoms with Crippen molar-refractivity contribution in [1.29, 1.82) is 0 Å². The SMILES string of the molecule is CC12CCC3C(CCC4C(C)(C(=O)OC(O)COC5OC(CO)C(O)C(O)C5O)CCCC34C)(CC1=O)C2.OCC1OC(OC2C(O)C2CO)C(O)C(O)C1O. The van der Waals surface area contributed by atoms with E-state index in [0.717, 1.165) is 44.9 Å². The van der Waals surface area contributed by atoms with Gasteiger partial charge in [-0.2, -0.15) is 0 Å². The molecule has 18 heteroatoms. The van der Waals surface area contributed by atoms with Crippen molar-refractivity contribution in [2.24, 2.45) is 39.4 Å². The van der Waals surface area contributed by atoms with E-state index < -0.39 is 117 Å². The van der Waals surface area contributed by atoms with Crippen LogP contribution >= 0.6 is 0 Å². The third kappa shape index (κ3) is 7.71. The van der Waals surface area contributed by atoms with Crippen LogP contribution in [0.1, 0.15) is 78.6 Å². The molecule has 2 heterocycles. The second kappa shape index (κ2) is 16.5. The Morgan fingerprint density at radius 3 is 1.93 bits per heavy atom. The summed E-state index contributed by atoms with van der Waals surface area (Å²) in [4.78, 5) is 26.5. The molecule has 20 unspecified atom stereocenters. The first kappa shape index (κ1) is 44.1. The maximum atomic E-state index is 13.6. The zero-order chi connectivity index (χ0) is 41.1. The van der Waals surface area contributed by atoms with Crippen molar-refractivity contribution in [1.82, 2.24) is 0 Å². The molecular weight excluding hydrogens is 744 g/mol. The molecule has 7 rings (SSSR count). The van der Waals surface area contributed by atoms with Crippen molar-refractivity contribution in [3.8, 4) is 0 Å². The maximum Gasteiger partial charge on any atom is 0.314 e. The van der Waals surface area contributed by atoms with E-state index in [2.05, 4.69) is 13.8 Å². The van der Waals surface area contributed by atoms with Crippen LogP contribution in [0, 0.1) is 39.4 Å². The molecule has 0 amide bonds. The largest absolute Gasteiger partial charge is 0.433 e. The third-order valence-corrected chi connectivity index (χ3v) is 14.7. The molecule has 0 aromatic heterocycles. The lowest BCUT2D eigenvalue weighted by atomic mass is 9.40. The van der Waals surface area contributed by atoms with E-state index in [-0.39, 0.29) is 28.8 Å². The Bertz CT molecular complexity index is 1400. The normalized spacial score (nSPS) is 51.5. The van der Waals surface area contributed by atoms with E-state index in [4.69, 9.17) is 33.9 Å². The monoisotopic (exact) mass is 806 g/mol. The van der Waals surface area contributed by atoms with Crippen molar-refractivity contribution in [3.63, 3.8) is 0 Å². The molecule has 56 heavy (non-hydrogen) atoms. The first-order chi connectivity index (χ1) is 26.3. The highest BCUT2D eigenvalue weighted by Gasteiger charge is 2.68. The highest BCUT2D eigenvalue weighted by Crippen LogP contribution is 2.73. The van der Waals surface area contributed by atoms with Gasteiger partial charge in [0, 0.05) is 17.8 Å². The van der Waals surface area contributed by atoms with Crippen LogP contribution < -0.4 is 0 Å². The number of carbonyl (C=O) groups is 2. The topological polar surface area (TPSA) is 303 Å². The summed E-state index contributed by atoms with van der Waals surface area (Å²) in [6.07, 6.45) is -9.35. The molecule has 20 atom stereocenters. The first-order valence-electron chi connectivity index (χ1n) is 19.9. The molecule has 2 aliphatic heterocycles. The third-order valence-electron chi connectivity index (χ3n) is 14.7. The van der Waals surface area contributed by atoms with Crippen molar-refractivity contribution >= 4 is 11.8 Å². The van der Waals surface area contributed by atoms with Gasteiger partial charge in [-0.3, -0.25) is 9.59 Å². The van der Waals surface area contributed by atoms with Gasteiger partial charge in [-0.15, -0.1) is 0 Å². The number of hydrogen-bond acceptors (Lipinski definition) is 18. The number of Topliss-reactive ketones (excluding diaryl/α,β-unsaturated/α-hetero) is 1. The average Bonchev–Trinajstić information content (AvgIpc) is 3.73. The summed E-state index contributed by atoms with van der Waals surface area (Å²) in [5.41, 5.74) is -1.03. The molecule has 2 saturated heterocycles. The van der Waals surface area contributed by atoms with Gasteiger partial charge in [-0.05, 0) is 74.5 Å². The van der Waals surface area contributed by atoms with Gasteiger partial charge in [0.2, 0.25) is 6.29 Å². The molecule has 7 fully saturated rings. The van der Waals surface area contributed by atoms with Gasteiger partial charge in [0.25, 0.3) is 0 Å². The summed E-state index contributed by atoms with van der Waals surface area (Å²) >= 11 is 0. The van der Waals surface area contributed by atoms with E-state index in [1.165, 1.54) is 0 Å². The molecule has 0 aromatic carbocycles. The summed E-state index contributed by atoms with van der Waals surface area (Å²) in [5.74, 6) is -0.0667. The fourth-order valence-corrected chi connectivity index (χ4v) is 11.5. The number of fused-ring (bicyclic) bond motifs is 3. The molecular formula is C38H62O18. The standard InChI is InChI=1S/C28H44O10.C10H18O8/c1-25-9-5-17-26(2)7-4-8-27(3,16(26)6-10-28(17,14-25)11-18(25)30)24(35)38-19(31)13-36-23-22(34)21(33)20(32)15(12-29)37-23;11-1-3-5(13)9(3)18-10-8(16)7(15)6(14)4(2-12)17-10/h15-17,19-23,29,31-34H,4-14H2,1-3H3;3-16H,1-2H2. The van der Waals surface area contributed by atoms with Gasteiger partial charge < -0.3 is 79.9 Å². The predicted octanol–water partition coefficient (Wildman–Crippen LogP) is -2.81. The molecule has 322 valence electrons. The Morgan fingerprint density at radius 2 is 1.34 bits per heavy atom. The zero-order valence-electron chi connectivity index (χ0n) is 32.2. The van der Waals surface area contributed by atoms with Crippen LogP contribution in [0.3, 0.4) is 0 Å². The van der Waals surface area contributed by atoms with Crippen molar-refractivity contribution in [2.45, 2.75) is 158 Å². The van der Waals surface area contributed by atoms with Crippen LogP contribution in [0.2, 0.25) is 0 Å². The lowest BCUT2D eigenvalue weighted by Gasteiger charge is -2.63. The van der Waals surface area contributed by atoms with Crippen LogP contribution in [0.5, 0.6) is 0 Å². The molecule has 0 aromatic rings. The van der Waals surface area contributed by atoms with Crippen molar-refractivity contribution in [2.75, 3.05) is 26.4 Å². The van der Waals surface area contributed by atoms with E-state index in [0.29, 0.717) is 24.5 Å². The summed E-state index contributed by atoms with van der Waals surface area (Å²) in [6, 6.07) is 0. The van der Waals surface area contributed by atoms with Gasteiger partial charge in [0.15, 0.2) is 12.6 Å². The Balaban J connectivity index is 0.000000247. The molecule has 1 spiro atoms. The number of ether oxygens (including phenoxy) is 5. The quantitative estimate of drug-likeness (QED) is 0.0784. The molecule has 18 nitrogen and oxygen atoms in total. The van der Waals surface area contributed by atoms with E-state index in [1.54, 1.807) is 0 Å². The van der Waals surface area contributed by atoms with E-state index >= 15 is 0 Å². The molecule has 5 aliphatic carbocycles. The summed E-state index contributed by atoms with van der Waals surface area (Å²) in [7, 11) is 0. The summed E-state index contributed by atoms with van der Waals surface area (Å²) < 4.78 is 26.4. The molecule has 5 saturated carbocycles. The highest BCUT2D eigenvalue weighted by molar-refractivity contribution is 5.88. The number of ketones is 1. The average molecular weight is 807 g/mol. The Kier molecular flexibility index (Phi) is 13.0. The van der Waals surface area contributed by atoms with E-state index in [1.807, 2.05) is 6.92 Å². The van der Waals surface area contributed by atoms with Crippen LogP contribution in [-0.2, 0) is 33.3 Å². The zero-order valence-corrected chi connectivity index (χ0v) is 32.2. The lowest BCUT2D eigenvalue weighted by molar-refractivity contribution is -0.311. The number of esters is 1. The molecule has 0 radical (unpaired) electrons. The lowest BCUT2D eigenvalue weighted by Crippen LogP contribution is -2.59. The summed E-state index contributed by atoms with van der Waals surface area (Å²) in [5, 5.41) is 106. The van der Waals surface area contributed by atoms with Gasteiger partial charge in [-0.1, -0.05) is 20.3 Å². The summed E-state index contributed by atoms with van der Waals surface area (Å²) in [6.45, 7) is 4.45. The molecule has 7 aliphatic rings. The van der Waals surface area contributed by atoms with Crippen LogP contribution in [0.4, 0.5) is 0 Å². The number of aliphatic hydroxyl groups is 11. The van der Waals surface area contributed by atoms with Gasteiger partial charge in [0.1, 0.15) is 61.2 Å². The Labute approximate surface area is 325 Å². The molecule has 11 N–H and O–H groups in total. The minimum Gasteiger partial charge on any atom is -0.433 e. The maximum absolute atomic E-state index is 13.6. The van der Waals surface area contributed by atoms with Crippen molar-refractivity contribution in [3.05, 3.63) is 0 Å². The number of aliphatic hydroxyl groups excluding tert-OH is 11. The van der Waals surface area contributed by atoms with Gasteiger partial charge >= 0.3 is 5.97 Å². The highest BCUT2D eigenvalue weighted by atomic mass is 16.7. The fourth-order valence-electron chi connectivity index (χ4n) is 11.5. The number of carbonyl (C=O) groups excluding carboxylic acids is 2. The first-order valence-corrected chi connectivity index (χ1v) is 19.9. The van der Waals surface area contributed by atoms with Crippen LogP contribution in [-0.4, -0.2) is 174 Å². The Hall–Kier alpha value is -1.46. The van der Waals surface area contributed by atoms with Gasteiger partial charge in [-0.25, -0.2) is 0 Å². The smallest absolute Gasteiger partial charge is 0.314 e. The van der Waals surface area contributed by atoms with Crippen LogP contribution in [0.25, 0.3) is 0 Å². The number of hydrogen-bond donors (Lipinski definition) is 11. The van der Waals surface area contributed by atoms with E-state index in [9.17, 15) is 55.5 Å². The minimum atomic E-state index is -1.63. The minimum absolute atomic E-state index is 0.0379. The van der Waals surface area contributed by atoms with Crippen molar-refractivity contribution < 1.29 is 89.4 Å². The number of rotatable bonds is 10. The van der Waals surface area contributed by atoms with Gasteiger partial charge in [0.05, 0.1) is 37.4 Å². The Morgan fingerprint density at radius 1 is 0.750 bits per heavy atom. The van der Waals surface area contributed by atoms with Crippen LogP contribution in [0.15, 0.2) is 0 Å². The molecule has 2 bridgehead atoms.